The fourth-order valence-electron chi connectivity index (χ4n) is 3.58. The van der Waals surface area contributed by atoms with Crippen molar-refractivity contribution in [3.63, 3.8) is 0 Å². The van der Waals surface area contributed by atoms with Crippen LogP contribution >= 0.6 is 0 Å². The normalized spacial score (nSPS) is 12.2. The molecule has 3 aromatic heterocycles. The second-order valence-corrected chi connectivity index (χ2v) is 7.36. The summed E-state index contributed by atoms with van der Waals surface area (Å²) in [4.78, 5) is 25.6. The van der Waals surface area contributed by atoms with E-state index in [9.17, 15) is 9.59 Å². The van der Waals surface area contributed by atoms with Gasteiger partial charge in [0.2, 0.25) is 5.91 Å². The molecule has 0 aliphatic carbocycles. The molecule has 1 unspecified atom stereocenters. The van der Waals surface area contributed by atoms with Crippen molar-refractivity contribution in [2.75, 3.05) is 0 Å². The van der Waals surface area contributed by atoms with Gasteiger partial charge in [-0.2, -0.15) is 10.2 Å². The molecule has 0 radical (unpaired) electrons. The SMILES string of the molecule is Cc1nn(CC(=O)NC(C)Cc2ccco2)c(=O)c2c(C)n(-c3ccccc3)nc12. The molecule has 4 aromatic rings. The van der Waals surface area contributed by atoms with Crippen molar-refractivity contribution < 1.29 is 9.21 Å². The summed E-state index contributed by atoms with van der Waals surface area (Å²) in [6.45, 7) is 5.36. The number of rotatable bonds is 6. The number of aryl methyl sites for hydroxylation is 2. The summed E-state index contributed by atoms with van der Waals surface area (Å²) in [6, 6.07) is 13.1. The third-order valence-electron chi connectivity index (χ3n) is 4.97. The monoisotopic (exact) mass is 405 g/mol. The molecular weight excluding hydrogens is 382 g/mol. The molecule has 154 valence electrons. The van der Waals surface area contributed by atoms with Crippen LogP contribution < -0.4 is 10.9 Å². The van der Waals surface area contributed by atoms with Crippen LogP contribution in [0.4, 0.5) is 0 Å². The van der Waals surface area contributed by atoms with Gasteiger partial charge < -0.3 is 9.73 Å². The van der Waals surface area contributed by atoms with Crippen molar-refractivity contribution in [2.45, 2.75) is 39.8 Å². The predicted molar refractivity (Wildman–Crippen MR) is 113 cm³/mol. The minimum Gasteiger partial charge on any atom is -0.469 e. The average molecular weight is 405 g/mol. The fraction of sp³-hybridized carbons (Fsp3) is 0.273. The van der Waals surface area contributed by atoms with Gasteiger partial charge >= 0.3 is 0 Å². The van der Waals surface area contributed by atoms with Crippen molar-refractivity contribution in [1.82, 2.24) is 24.9 Å². The molecule has 0 saturated heterocycles. The van der Waals surface area contributed by atoms with Crippen LogP contribution in [0.2, 0.25) is 0 Å². The number of carbonyl (C=O) groups is 1. The van der Waals surface area contributed by atoms with Crippen molar-refractivity contribution in [3.05, 3.63) is 76.2 Å². The molecule has 8 heteroatoms. The summed E-state index contributed by atoms with van der Waals surface area (Å²) in [6.07, 6.45) is 2.17. The highest BCUT2D eigenvalue weighted by molar-refractivity contribution is 5.83. The molecule has 8 nitrogen and oxygen atoms in total. The summed E-state index contributed by atoms with van der Waals surface area (Å²) in [7, 11) is 0. The van der Waals surface area contributed by atoms with Gasteiger partial charge in [0.15, 0.2) is 0 Å². The molecule has 4 rings (SSSR count). The van der Waals surface area contributed by atoms with Crippen LogP contribution in [0.15, 0.2) is 57.9 Å². The van der Waals surface area contributed by atoms with E-state index in [-0.39, 0.29) is 24.1 Å². The smallest absolute Gasteiger partial charge is 0.278 e. The quantitative estimate of drug-likeness (QED) is 0.532. The topological polar surface area (TPSA) is 95.0 Å². The Labute approximate surface area is 173 Å². The number of hydrogen-bond donors (Lipinski definition) is 1. The molecule has 1 atom stereocenters. The molecule has 0 bridgehead atoms. The Hall–Kier alpha value is -3.68. The lowest BCUT2D eigenvalue weighted by atomic mass is 10.2. The predicted octanol–water partition coefficient (Wildman–Crippen LogP) is 2.54. The number of nitrogens with one attached hydrogen (secondary N) is 1. The number of aromatic nitrogens is 4. The lowest BCUT2D eigenvalue weighted by Crippen LogP contribution is -2.39. The maximum Gasteiger partial charge on any atom is 0.278 e. The van der Waals surface area contributed by atoms with Gasteiger partial charge in [-0.25, -0.2) is 9.36 Å². The van der Waals surface area contributed by atoms with E-state index in [1.807, 2.05) is 56.3 Å². The Balaban J connectivity index is 1.60. The van der Waals surface area contributed by atoms with Crippen LogP contribution in [0.25, 0.3) is 16.6 Å². The molecule has 0 aliphatic rings. The number of para-hydroxylation sites is 1. The van der Waals surface area contributed by atoms with Gasteiger partial charge in [-0.3, -0.25) is 9.59 Å². The Bertz CT molecular complexity index is 1240. The van der Waals surface area contributed by atoms with Gasteiger partial charge in [-0.1, -0.05) is 18.2 Å². The average Bonchev–Trinajstić information content (AvgIpc) is 3.34. The van der Waals surface area contributed by atoms with E-state index in [0.29, 0.717) is 28.7 Å². The van der Waals surface area contributed by atoms with E-state index in [2.05, 4.69) is 15.5 Å². The van der Waals surface area contributed by atoms with E-state index in [1.54, 1.807) is 17.9 Å². The van der Waals surface area contributed by atoms with Crippen molar-refractivity contribution >= 4 is 16.8 Å². The van der Waals surface area contributed by atoms with E-state index in [1.165, 1.54) is 4.68 Å². The molecule has 1 amide bonds. The van der Waals surface area contributed by atoms with Gasteiger partial charge in [0, 0.05) is 12.5 Å². The van der Waals surface area contributed by atoms with Gasteiger partial charge in [0.05, 0.1) is 28.7 Å². The van der Waals surface area contributed by atoms with E-state index >= 15 is 0 Å². The summed E-state index contributed by atoms with van der Waals surface area (Å²) in [5.74, 6) is 0.509. The molecule has 30 heavy (non-hydrogen) atoms. The number of fused-ring (bicyclic) bond motifs is 1. The third kappa shape index (κ3) is 3.76. The minimum absolute atomic E-state index is 0.133. The first-order chi connectivity index (χ1) is 14.4. The van der Waals surface area contributed by atoms with Crippen LogP contribution in [0.3, 0.4) is 0 Å². The Morgan fingerprint density at radius 2 is 1.90 bits per heavy atom. The molecule has 1 N–H and O–H groups in total. The second kappa shape index (κ2) is 7.98. The summed E-state index contributed by atoms with van der Waals surface area (Å²) < 4.78 is 8.25. The molecule has 0 spiro atoms. The van der Waals surface area contributed by atoms with Crippen LogP contribution in [0.5, 0.6) is 0 Å². The molecular formula is C22H23N5O3. The number of amides is 1. The lowest BCUT2D eigenvalue weighted by Gasteiger charge is -2.13. The number of furan rings is 1. The zero-order chi connectivity index (χ0) is 21.3. The van der Waals surface area contributed by atoms with Crippen LogP contribution in [0.1, 0.15) is 24.1 Å². The summed E-state index contributed by atoms with van der Waals surface area (Å²) in [5, 5.41) is 12.3. The molecule has 0 saturated carbocycles. The number of carbonyl (C=O) groups excluding carboxylic acids is 1. The summed E-state index contributed by atoms with van der Waals surface area (Å²) in [5.41, 5.74) is 2.39. The first kappa shape index (κ1) is 19.6. The molecule has 1 aromatic carbocycles. The number of benzene rings is 1. The highest BCUT2D eigenvalue weighted by Crippen LogP contribution is 2.19. The number of hydrogen-bond acceptors (Lipinski definition) is 5. The number of nitrogens with zero attached hydrogens (tertiary/aromatic N) is 4. The zero-order valence-electron chi connectivity index (χ0n) is 17.1. The van der Waals surface area contributed by atoms with Crippen molar-refractivity contribution in [1.29, 1.82) is 0 Å². The molecule has 0 fully saturated rings. The van der Waals surface area contributed by atoms with Gasteiger partial charge in [-0.15, -0.1) is 0 Å². The first-order valence-corrected chi connectivity index (χ1v) is 9.78. The highest BCUT2D eigenvalue weighted by Gasteiger charge is 2.19. The summed E-state index contributed by atoms with van der Waals surface area (Å²) >= 11 is 0. The fourth-order valence-corrected chi connectivity index (χ4v) is 3.58. The van der Waals surface area contributed by atoms with Crippen LogP contribution in [-0.2, 0) is 17.8 Å². The molecule has 0 aliphatic heterocycles. The third-order valence-corrected chi connectivity index (χ3v) is 4.97. The van der Waals surface area contributed by atoms with Gasteiger partial charge in [0.1, 0.15) is 17.8 Å². The Kier molecular flexibility index (Phi) is 5.22. The van der Waals surface area contributed by atoms with Crippen molar-refractivity contribution in [3.8, 4) is 5.69 Å². The Morgan fingerprint density at radius 1 is 1.13 bits per heavy atom. The minimum atomic E-state index is -0.330. The zero-order valence-corrected chi connectivity index (χ0v) is 17.1. The van der Waals surface area contributed by atoms with Crippen molar-refractivity contribution in [2.24, 2.45) is 0 Å². The van der Waals surface area contributed by atoms with E-state index < -0.39 is 0 Å². The maximum atomic E-state index is 13.1. The highest BCUT2D eigenvalue weighted by atomic mass is 16.3. The standard InChI is InChI=1S/C22H23N5O3/c1-14(12-18-10-7-11-30-18)23-19(28)13-26-22(29)20-16(3)27(17-8-5-4-6-9-17)25-21(20)15(2)24-26/h4-11,14H,12-13H2,1-3H3,(H,23,28). The van der Waals surface area contributed by atoms with Crippen LogP contribution in [-0.4, -0.2) is 31.5 Å². The van der Waals surface area contributed by atoms with Gasteiger partial charge in [0.25, 0.3) is 5.56 Å². The molecule has 3 heterocycles. The van der Waals surface area contributed by atoms with E-state index in [4.69, 9.17) is 4.42 Å². The van der Waals surface area contributed by atoms with Crippen LogP contribution in [0, 0.1) is 13.8 Å². The second-order valence-electron chi connectivity index (χ2n) is 7.36. The van der Waals surface area contributed by atoms with Gasteiger partial charge in [-0.05, 0) is 45.0 Å². The first-order valence-electron chi connectivity index (χ1n) is 9.78. The van der Waals surface area contributed by atoms with E-state index in [0.717, 1.165) is 11.4 Å². The Morgan fingerprint density at radius 3 is 2.60 bits per heavy atom. The maximum absolute atomic E-state index is 13.1. The largest absolute Gasteiger partial charge is 0.469 e. The lowest BCUT2D eigenvalue weighted by molar-refractivity contribution is -0.122.